The summed E-state index contributed by atoms with van der Waals surface area (Å²) in [4.78, 5) is 11.2. The number of hydrogen-bond donors (Lipinski definition) is 2. The van der Waals surface area contributed by atoms with Gasteiger partial charge in [0.15, 0.2) is 0 Å². The van der Waals surface area contributed by atoms with Gasteiger partial charge in [0.1, 0.15) is 0 Å². The van der Waals surface area contributed by atoms with E-state index in [1.807, 2.05) is 6.07 Å². The topological polar surface area (TPSA) is 53.0 Å². The first-order valence-corrected chi connectivity index (χ1v) is 4.18. The van der Waals surface area contributed by atoms with Crippen molar-refractivity contribution in [3.63, 3.8) is 0 Å². The monoisotopic (exact) mass is 227 g/mol. The minimum atomic E-state index is -0.264. The molecule has 4 heteroatoms. The van der Waals surface area contributed by atoms with Crippen LogP contribution in [-0.4, -0.2) is 26.7 Å². The van der Waals surface area contributed by atoms with E-state index in [-0.39, 0.29) is 10.6 Å². The Balaban J connectivity index is 2.73. The van der Waals surface area contributed by atoms with E-state index >= 15 is 0 Å². The molecule has 0 fully saturated rings. The van der Waals surface area contributed by atoms with Gasteiger partial charge in [-0.1, -0.05) is 0 Å². The molecule has 0 spiro atoms. The maximum atomic E-state index is 11.2. The number of rotatable bonds is 1. The van der Waals surface area contributed by atoms with E-state index in [4.69, 9.17) is 5.41 Å². The minimum absolute atomic E-state index is 0.0313. The molecule has 0 aliphatic rings. The average Bonchev–Trinajstić information content (AvgIpc) is 2.05. The summed E-state index contributed by atoms with van der Waals surface area (Å²) in [5.41, 5.74) is 0.553. The Labute approximate surface area is 78.5 Å². The fourth-order valence-electron chi connectivity index (χ4n) is 0.765. The first-order valence-electron chi connectivity index (χ1n) is 3.32. The molecule has 1 radical (unpaired) electrons. The molecule has 0 unspecified atom stereocenters. The van der Waals surface area contributed by atoms with Crippen LogP contribution in [0.1, 0.15) is 10.4 Å². The molecule has 3 nitrogen and oxygen atoms in total. The summed E-state index contributed by atoms with van der Waals surface area (Å²) in [5, 5.41) is 9.33. The molecule has 0 heterocycles. The fourth-order valence-corrected chi connectivity index (χ4v) is 0.959. The zero-order chi connectivity index (χ0) is 8.97. The van der Waals surface area contributed by atoms with Crippen LogP contribution in [0, 0.1) is 5.41 Å². The van der Waals surface area contributed by atoms with Crippen LogP contribution in [0.5, 0.6) is 0 Å². The van der Waals surface area contributed by atoms with Crippen molar-refractivity contribution in [2.45, 2.75) is 0 Å². The average molecular weight is 226 g/mol. The van der Waals surface area contributed by atoms with Crippen molar-refractivity contribution >= 4 is 26.7 Å². The Bertz CT molecular complexity index is 297. The van der Waals surface area contributed by atoms with Gasteiger partial charge in [0.2, 0.25) is 0 Å². The zero-order valence-corrected chi connectivity index (χ0v) is 7.92. The summed E-state index contributed by atoms with van der Waals surface area (Å²) in [6.07, 6.45) is 0. The SMILES string of the molecule is N=C([Se])NC(=O)c1ccccc1. The second-order valence-electron chi connectivity index (χ2n) is 2.15. The third-order valence-corrected chi connectivity index (χ3v) is 1.48. The Morgan fingerprint density at radius 2 is 1.92 bits per heavy atom. The number of nitrogens with one attached hydrogen (secondary N) is 2. The molecule has 0 atom stereocenters. The maximum absolute atomic E-state index is 11.2. The molecule has 0 bridgehead atoms. The normalized spacial score (nSPS) is 9.00. The molecule has 0 aliphatic heterocycles. The van der Waals surface area contributed by atoms with Crippen LogP contribution in [0.3, 0.4) is 0 Å². The predicted octanol–water partition coefficient (Wildman–Crippen LogP) is 0.520. The van der Waals surface area contributed by atoms with Crippen LogP contribution in [0.25, 0.3) is 0 Å². The third-order valence-electron chi connectivity index (χ3n) is 1.26. The summed E-state index contributed by atoms with van der Waals surface area (Å²) in [6, 6.07) is 8.77. The number of carbonyl (C=O) groups excluding carboxylic acids is 1. The third kappa shape index (κ3) is 2.49. The molecule has 0 aromatic heterocycles. The molecule has 2 N–H and O–H groups in total. The number of hydrogen-bond acceptors (Lipinski definition) is 2. The quantitative estimate of drug-likeness (QED) is 0.409. The van der Waals surface area contributed by atoms with Gasteiger partial charge in [-0.2, -0.15) is 0 Å². The van der Waals surface area contributed by atoms with Crippen LogP contribution >= 0.6 is 0 Å². The molecular weight excluding hydrogens is 219 g/mol. The van der Waals surface area contributed by atoms with Gasteiger partial charge in [0, 0.05) is 0 Å². The molecular formula is C8H7N2OSe. The van der Waals surface area contributed by atoms with Crippen molar-refractivity contribution in [1.82, 2.24) is 5.32 Å². The van der Waals surface area contributed by atoms with Crippen LogP contribution < -0.4 is 5.32 Å². The van der Waals surface area contributed by atoms with Gasteiger partial charge >= 0.3 is 78.1 Å². The predicted molar refractivity (Wildman–Crippen MR) is 47.4 cm³/mol. The van der Waals surface area contributed by atoms with Gasteiger partial charge in [-0.3, -0.25) is 0 Å². The molecule has 12 heavy (non-hydrogen) atoms. The van der Waals surface area contributed by atoms with Crippen LogP contribution in [0.2, 0.25) is 0 Å². The second-order valence-corrected chi connectivity index (χ2v) is 3.01. The number of amides is 1. The Hall–Kier alpha value is -1.12. The van der Waals surface area contributed by atoms with Crippen LogP contribution in [-0.2, 0) is 0 Å². The van der Waals surface area contributed by atoms with E-state index < -0.39 is 0 Å². The van der Waals surface area contributed by atoms with Crippen molar-refractivity contribution < 1.29 is 4.79 Å². The first kappa shape index (κ1) is 8.97. The van der Waals surface area contributed by atoms with E-state index in [9.17, 15) is 4.79 Å². The molecule has 1 amide bonds. The summed E-state index contributed by atoms with van der Waals surface area (Å²) >= 11 is 2.39. The second kappa shape index (κ2) is 4.04. The molecule has 1 aromatic carbocycles. The summed E-state index contributed by atoms with van der Waals surface area (Å²) in [7, 11) is 0. The number of benzene rings is 1. The van der Waals surface area contributed by atoms with Gasteiger partial charge in [0.05, 0.1) is 0 Å². The van der Waals surface area contributed by atoms with Crippen LogP contribution in [0.15, 0.2) is 30.3 Å². The van der Waals surface area contributed by atoms with E-state index in [2.05, 4.69) is 21.3 Å². The summed E-state index contributed by atoms with van der Waals surface area (Å²) in [5.74, 6) is -0.264. The number of carbonyl (C=O) groups is 1. The molecule has 1 rings (SSSR count). The standard InChI is InChI=1S/C8H7N2OSe/c9-8(12)10-7(11)6-4-2-1-3-5-6/h1-5H,(H2,9,10,11). The van der Waals surface area contributed by atoms with Gasteiger partial charge in [-0.05, 0) is 0 Å². The Morgan fingerprint density at radius 1 is 1.33 bits per heavy atom. The van der Waals surface area contributed by atoms with Gasteiger partial charge in [-0.15, -0.1) is 0 Å². The molecule has 0 aliphatic carbocycles. The molecule has 0 saturated carbocycles. The molecule has 1 aromatic rings. The summed E-state index contributed by atoms with van der Waals surface area (Å²) in [6.45, 7) is 0. The summed E-state index contributed by atoms with van der Waals surface area (Å²) < 4.78 is 0.0313. The van der Waals surface area contributed by atoms with Crippen molar-refractivity contribution in [1.29, 1.82) is 5.41 Å². The molecule has 61 valence electrons. The van der Waals surface area contributed by atoms with E-state index in [0.717, 1.165) is 0 Å². The van der Waals surface area contributed by atoms with Crippen molar-refractivity contribution in [2.75, 3.05) is 0 Å². The van der Waals surface area contributed by atoms with Crippen molar-refractivity contribution in [3.05, 3.63) is 35.9 Å². The van der Waals surface area contributed by atoms with E-state index in [1.54, 1.807) is 24.3 Å². The van der Waals surface area contributed by atoms with Crippen molar-refractivity contribution in [3.8, 4) is 0 Å². The van der Waals surface area contributed by atoms with Gasteiger partial charge in [0.25, 0.3) is 0 Å². The first-order chi connectivity index (χ1) is 5.70. The van der Waals surface area contributed by atoms with Crippen molar-refractivity contribution in [2.24, 2.45) is 0 Å². The zero-order valence-electron chi connectivity index (χ0n) is 6.20. The van der Waals surface area contributed by atoms with E-state index in [0.29, 0.717) is 5.56 Å². The Morgan fingerprint density at radius 3 is 2.42 bits per heavy atom. The Kier molecular flexibility index (Phi) is 3.02. The van der Waals surface area contributed by atoms with Gasteiger partial charge < -0.3 is 0 Å². The molecule has 0 saturated heterocycles. The fraction of sp³-hybridized carbons (Fsp3) is 0. The number of amidine groups is 1. The van der Waals surface area contributed by atoms with Gasteiger partial charge in [-0.25, -0.2) is 0 Å². The van der Waals surface area contributed by atoms with Crippen LogP contribution in [0.4, 0.5) is 0 Å². The van der Waals surface area contributed by atoms with E-state index in [1.165, 1.54) is 0 Å².